The molecule has 0 saturated heterocycles. The number of halogens is 8. The van der Waals surface area contributed by atoms with Gasteiger partial charge in [0, 0.05) is 9.13 Å². The smallest absolute Gasteiger partial charge is 0.169 e. The molecule has 0 aromatic heterocycles. The standard InChI is InChI=1S/C13H6F6I2/c14-12(15,16)11(21,13(17,18)19)9-6-5-7-3-1-2-4-8(7)10(9)20/h1-6H. The molecule has 2 rings (SSSR count). The van der Waals surface area contributed by atoms with Crippen molar-refractivity contribution >= 4 is 56.0 Å². The lowest BCUT2D eigenvalue weighted by Crippen LogP contribution is -2.49. The molecular formula is C13H6F6I2. The Morgan fingerprint density at radius 1 is 0.762 bits per heavy atom. The summed E-state index contributed by atoms with van der Waals surface area (Å²) in [5.74, 6) is 0. The highest BCUT2D eigenvalue weighted by atomic mass is 127. The van der Waals surface area contributed by atoms with Crippen molar-refractivity contribution in [1.29, 1.82) is 0 Å². The number of benzene rings is 2. The first-order valence-electron chi connectivity index (χ1n) is 5.50. The predicted octanol–water partition coefficient (Wildman–Crippen LogP) is 6.20. The summed E-state index contributed by atoms with van der Waals surface area (Å²) >= 11 is 2.00. The summed E-state index contributed by atoms with van der Waals surface area (Å²) in [5.41, 5.74) is -0.789. The van der Waals surface area contributed by atoms with E-state index in [4.69, 9.17) is 0 Å². The topological polar surface area (TPSA) is 0 Å². The van der Waals surface area contributed by atoms with Gasteiger partial charge in [-0.3, -0.25) is 0 Å². The fraction of sp³-hybridized carbons (Fsp3) is 0.231. The fourth-order valence-corrected chi connectivity index (χ4v) is 4.01. The molecule has 0 fully saturated rings. The van der Waals surface area contributed by atoms with Crippen LogP contribution in [0.3, 0.4) is 0 Å². The van der Waals surface area contributed by atoms with Gasteiger partial charge < -0.3 is 0 Å². The molecule has 8 heteroatoms. The Morgan fingerprint density at radius 2 is 1.29 bits per heavy atom. The number of fused-ring (bicyclic) bond motifs is 1. The molecule has 2 aromatic rings. The van der Waals surface area contributed by atoms with Crippen LogP contribution < -0.4 is 0 Å². The zero-order valence-electron chi connectivity index (χ0n) is 9.99. The van der Waals surface area contributed by atoms with Crippen molar-refractivity contribution in [2.75, 3.05) is 0 Å². The van der Waals surface area contributed by atoms with E-state index in [2.05, 4.69) is 0 Å². The lowest BCUT2D eigenvalue weighted by molar-refractivity contribution is -0.262. The maximum atomic E-state index is 13.1. The SMILES string of the molecule is FC(F)(F)C(I)(c1ccc2ccccc2c1I)C(F)(F)F. The van der Waals surface area contributed by atoms with Crippen LogP contribution in [0.5, 0.6) is 0 Å². The summed E-state index contributed by atoms with van der Waals surface area (Å²) in [6, 6.07) is 8.56. The fourth-order valence-electron chi connectivity index (χ4n) is 1.97. The van der Waals surface area contributed by atoms with Crippen molar-refractivity contribution < 1.29 is 26.3 Å². The van der Waals surface area contributed by atoms with Gasteiger partial charge in [-0.15, -0.1) is 0 Å². The molecule has 0 amide bonds. The van der Waals surface area contributed by atoms with Crippen LogP contribution in [0.15, 0.2) is 36.4 Å². The van der Waals surface area contributed by atoms with Crippen LogP contribution in [-0.2, 0) is 3.42 Å². The molecule has 0 N–H and O–H groups in total. The van der Waals surface area contributed by atoms with Crippen molar-refractivity contribution in [2.45, 2.75) is 15.8 Å². The molecule has 0 saturated carbocycles. The van der Waals surface area contributed by atoms with E-state index in [1.807, 2.05) is 0 Å². The second-order valence-electron chi connectivity index (χ2n) is 4.30. The van der Waals surface area contributed by atoms with Gasteiger partial charge in [0.05, 0.1) is 0 Å². The van der Waals surface area contributed by atoms with Crippen molar-refractivity contribution in [3.05, 3.63) is 45.5 Å². The largest absolute Gasteiger partial charge is 0.416 e. The van der Waals surface area contributed by atoms with E-state index in [1.165, 1.54) is 34.7 Å². The van der Waals surface area contributed by atoms with Crippen LogP contribution in [0.4, 0.5) is 26.3 Å². The number of alkyl halides is 7. The highest BCUT2D eigenvalue weighted by molar-refractivity contribution is 14.1. The van der Waals surface area contributed by atoms with Crippen molar-refractivity contribution in [2.24, 2.45) is 0 Å². The second kappa shape index (κ2) is 5.43. The molecule has 0 nitrogen and oxygen atoms in total. The molecular weight excluding hydrogens is 524 g/mol. The maximum Gasteiger partial charge on any atom is 0.416 e. The lowest BCUT2D eigenvalue weighted by atomic mass is 9.95. The average molecular weight is 530 g/mol. The van der Waals surface area contributed by atoms with Gasteiger partial charge in [-0.05, 0) is 33.4 Å². The van der Waals surface area contributed by atoms with E-state index in [1.54, 1.807) is 18.2 Å². The summed E-state index contributed by atoms with van der Waals surface area (Å²) < 4.78 is 74.8. The van der Waals surface area contributed by atoms with Gasteiger partial charge in [-0.25, -0.2) is 0 Å². The van der Waals surface area contributed by atoms with Crippen molar-refractivity contribution in [1.82, 2.24) is 0 Å². The monoisotopic (exact) mass is 530 g/mol. The van der Waals surface area contributed by atoms with Gasteiger partial charge in [-0.1, -0.05) is 59.0 Å². The van der Waals surface area contributed by atoms with E-state index in [0.717, 1.165) is 6.07 Å². The minimum absolute atomic E-state index is 0.0465. The molecule has 0 bridgehead atoms. The minimum Gasteiger partial charge on any atom is -0.169 e. The third-order valence-corrected chi connectivity index (χ3v) is 5.98. The minimum atomic E-state index is -5.45. The number of hydrogen-bond acceptors (Lipinski definition) is 0. The van der Waals surface area contributed by atoms with Crippen LogP contribution in [0, 0.1) is 3.57 Å². The van der Waals surface area contributed by atoms with Crippen molar-refractivity contribution in [3.63, 3.8) is 0 Å². The lowest BCUT2D eigenvalue weighted by Gasteiger charge is -2.33. The third-order valence-electron chi connectivity index (χ3n) is 3.02. The van der Waals surface area contributed by atoms with E-state index < -0.39 is 21.3 Å². The van der Waals surface area contributed by atoms with Gasteiger partial charge in [0.1, 0.15) is 0 Å². The summed E-state index contributed by atoms with van der Waals surface area (Å²) in [7, 11) is 0. The van der Waals surface area contributed by atoms with Gasteiger partial charge in [-0.2, -0.15) is 26.3 Å². The summed E-state index contributed by atoms with van der Waals surface area (Å²) in [6.45, 7) is 0. The molecule has 0 atom stereocenters. The molecule has 0 unspecified atom stereocenters. The predicted molar refractivity (Wildman–Crippen MR) is 84.5 cm³/mol. The summed E-state index contributed by atoms with van der Waals surface area (Å²) in [5, 5.41) is 0.957. The molecule has 114 valence electrons. The van der Waals surface area contributed by atoms with Crippen LogP contribution in [0.1, 0.15) is 5.56 Å². The Balaban J connectivity index is 2.82. The molecule has 0 heterocycles. The van der Waals surface area contributed by atoms with E-state index in [9.17, 15) is 26.3 Å². The van der Waals surface area contributed by atoms with Crippen LogP contribution in [0.2, 0.25) is 0 Å². The Bertz CT molecular complexity index is 660. The highest BCUT2D eigenvalue weighted by Gasteiger charge is 2.71. The Kier molecular flexibility index (Phi) is 4.42. The van der Waals surface area contributed by atoms with Gasteiger partial charge in [0.15, 0.2) is 0 Å². The second-order valence-corrected chi connectivity index (χ2v) is 7.00. The summed E-state index contributed by atoms with van der Waals surface area (Å²) in [4.78, 5) is 0. The number of hydrogen-bond donors (Lipinski definition) is 0. The normalized spacial score (nSPS) is 13.7. The molecule has 0 aliphatic heterocycles. The quantitative estimate of drug-likeness (QED) is 0.234. The van der Waals surface area contributed by atoms with Crippen molar-refractivity contribution in [3.8, 4) is 0 Å². The zero-order chi connectivity index (χ0) is 16.1. The first-order valence-corrected chi connectivity index (χ1v) is 7.66. The average Bonchev–Trinajstić information content (AvgIpc) is 2.36. The first-order chi connectivity index (χ1) is 9.50. The molecule has 0 radical (unpaired) electrons. The van der Waals surface area contributed by atoms with Crippen LogP contribution in [-0.4, -0.2) is 12.4 Å². The number of rotatable bonds is 1. The zero-order valence-corrected chi connectivity index (χ0v) is 14.3. The summed E-state index contributed by atoms with van der Waals surface area (Å²) in [6.07, 6.45) is -10.9. The molecule has 0 aliphatic carbocycles. The maximum absolute atomic E-state index is 13.1. The van der Waals surface area contributed by atoms with Gasteiger partial charge in [0.25, 0.3) is 0 Å². The van der Waals surface area contributed by atoms with Gasteiger partial charge >= 0.3 is 12.4 Å². The first kappa shape index (κ1) is 17.1. The highest BCUT2D eigenvalue weighted by Crippen LogP contribution is 2.58. The van der Waals surface area contributed by atoms with E-state index >= 15 is 0 Å². The van der Waals surface area contributed by atoms with Crippen LogP contribution >= 0.6 is 45.2 Å². The molecule has 0 spiro atoms. The van der Waals surface area contributed by atoms with Crippen LogP contribution in [0.25, 0.3) is 10.8 Å². The van der Waals surface area contributed by atoms with E-state index in [0.29, 0.717) is 33.4 Å². The Hall–Kier alpha value is -0.260. The third kappa shape index (κ3) is 2.73. The molecule has 2 aromatic carbocycles. The Morgan fingerprint density at radius 3 is 1.81 bits per heavy atom. The van der Waals surface area contributed by atoms with Gasteiger partial charge in [0.2, 0.25) is 3.42 Å². The Labute approximate surface area is 143 Å². The molecule has 0 aliphatic rings. The van der Waals surface area contributed by atoms with E-state index in [-0.39, 0.29) is 3.57 Å². The molecule has 21 heavy (non-hydrogen) atoms.